The summed E-state index contributed by atoms with van der Waals surface area (Å²) in [6, 6.07) is 5.57. The van der Waals surface area contributed by atoms with Gasteiger partial charge in [-0.2, -0.15) is 0 Å². The van der Waals surface area contributed by atoms with E-state index in [1.54, 1.807) is 12.3 Å². The van der Waals surface area contributed by atoms with E-state index in [-0.39, 0.29) is 6.61 Å². The Balaban J connectivity index is 1.91. The number of aromatic nitrogens is 2. The fraction of sp³-hybridized carbons (Fsp3) is 0.357. The molecule has 1 N–H and O–H groups in total. The highest BCUT2D eigenvalue weighted by atomic mass is 35.5. The third-order valence-corrected chi connectivity index (χ3v) is 3.16. The van der Waals surface area contributed by atoms with Crippen molar-refractivity contribution in [3.05, 3.63) is 47.0 Å². The largest absolute Gasteiger partial charge is 0.489 e. The number of hydrogen-bond acceptors (Lipinski definition) is 3. The minimum absolute atomic E-state index is 0.195. The summed E-state index contributed by atoms with van der Waals surface area (Å²) in [6.45, 7) is 4.51. The van der Waals surface area contributed by atoms with Crippen molar-refractivity contribution in [2.24, 2.45) is 0 Å². The van der Waals surface area contributed by atoms with Crippen molar-refractivity contribution in [1.82, 2.24) is 9.55 Å². The molecule has 0 saturated heterocycles. The fourth-order valence-electron chi connectivity index (χ4n) is 1.78. The first-order chi connectivity index (χ1) is 9.06. The maximum absolute atomic E-state index is 9.95. The molecule has 4 nitrogen and oxygen atoms in total. The van der Waals surface area contributed by atoms with Gasteiger partial charge in [-0.3, -0.25) is 0 Å². The predicted octanol–water partition coefficient (Wildman–Crippen LogP) is 2.59. The molecule has 0 bridgehead atoms. The molecule has 0 radical (unpaired) electrons. The molecule has 102 valence electrons. The predicted molar refractivity (Wildman–Crippen MR) is 74.7 cm³/mol. The topological polar surface area (TPSA) is 47.3 Å². The lowest BCUT2D eigenvalue weighted by Crippen LogP contribution is -2.23. The van der Waals surface area contributed by atoms with Crippen LogP contribution in [0.3, 0.4) is 0 Å². The van der Waals surface area contributed by atoms with E-state index in [4.69, 9.17) is 16.3 Å². The van der Waals surface area contributed by atoms with Gasteiger partial charge in [-0.1, -0.05) is 17.7 Å². The van der Waals surface area contributed by atoms with Gasteiger partial charge in [-0.25, -0.2) is 4.98 Å². The maximum Gasteiger partial charge on any atom is 0.138 e. The zero-order valence-electron chi connectivity index (χ0n) is 11.0. The molecule has 19 heavy (non-hydrogen) atoms. The summed E-state index contributed by atoms with van der Waals surface area (Å²) in [7, 11) is 0. The second-order valence-electron chi connectivity index (χ2n) is 4.53. The minimum Gasteiger partial charge on any atom is -0.489 e. The molecule has 0 fully saturated rings. The van der Waals surface area contributed by atoms with Gasteiger partial charge in [-0.15, -0.1) is 0 Å². The lowest BCUT2D eigenvalue weighted by molar-refractivity contribution is 0.0920. The van der Waals surface area contributed by atoms with Gasteiger partial charge in [0.2, 0.25) is 0 Å². The van der Waals surface area contributed by atoms with Crippen LogP contribution in [0.5, 0.6) is 5.75 Å². The zero-order valence-corrected chi connectivity index (χ0v) is 11.8. The number of nitrogens with zero attached hydrogens (tertiary/aromatic N) is 2. The van der Waals surface area contributed by atoms with Gasteiger partial charge >= 0.3 is 0 Å². The molecule has 0 spiro atoms. The number of ether oxygens (including phenoxy) is 1. The van der Waals surface area contributed by atoms with Crippen LogP contribution in [0, 0.1) is 13.8 Å². The lowest BCUT2D eigenvalue weighted by Gasteiger charge is -2.15. The number of benzene rings is 1. The number of aliphatic hydroxyl groups excluding tert-OH is 1. The Labute approximate surface area is 117 Å². The van der Waals surface area contributed by atoms with E-state index in [9.17, 15) is 5.11 Å². The monoisotopic (exact) mass is 280 g/mol. The van der Waals surface area contributed by atoms with Gasteiger partial charge in [0.25, 0.3) is 0 Å². The zero-order chi connectivity index (χ0) is 13.8. The molecule has 0 aliphatic heterocycles. The van der Waals surface area contributed by atoms with Crippen molar-refractivity contribution in [2.75, 3.05) is 6.61 Å². The van der Waals surface area contributed by atoms with E-state index in [0.29, 0.717) is 17.3 Å². The second kappa shape index (κ2) is 6.08. The summed E-state index contributed by atoms with van der Waals surface area (Å²) in [5, 5.41) is 10.5. The molecule has 1 aromatic carbocycles. The fourth-order valence-corrected chi connectivity index (χ4v) is 1.96. The molecule has 2 aromatic rings. The average molecular weight is 281 g/mol. The van der Waals surface area contributed by atoms with Gasteiger partial charge in [0.15, 0.2) is 0 Å². The third kappa shape index (κ3) is 3.72. The normalized spacial score (nSPS) is 12.4. The van der Waals surface area contributed by atoms with Crippen molar-refractivity contribution in [3.8, 4) is 5.75 Å². The van der Waals surface area contributed by atoms with Crippen LogP contribution in [-0.4, -0.2) is 27.4 Å². The van der Waals surface area contributed by atoms with Crippen LogP contribution in [0.2, 0.25) is 5.02 Å². The molecular weight excluding hydrogens is 264 g/mol. The van der Waals surface area contributed by atoms with Gasteiger partial charge in [0, 0.05) is 12.4 Å². The van der Waals surface area contributed by atoms with Crippen molar-refractivity contribution in [3.63, 3.8) is 0 Å². The molecule has 0 aliphatic rings. The number of aliphatic hydroxyl groups is 1. The minimum atomic E-state index is -0.607. The molecule has 0 saturated carbocycles. The smallest absolute Gasteiger partial charge is 0.138 e. The summed E-state index contributed by atoms with van der Waals surface area (Å²) >= 11 is 6.03. The second-order valence-corrected chi connectivity index (χ2v) is 4.93. The molecule has 2 rings (SSSR count). The van der Waals surface area contributed by atoms with Crippen molar-refractivity contribution < 1.29 is 9.84 Å². The van der Waals surface area contributed by atoms with E-state index >= 15 is 0 Å². The summed E-state index contributed by atoms with van der Waals surface area (Å²) in [4.78, 5) is 4.10. The highest BCUT2D eigenvalue weighted by molar-refractivity contribution is 6.32. The van der Waals surface area contributed by atoms with Crippen molar-refractivity contribution in [1.29, 1.82) is 0 Å². The van der Waals surface area contributed by atoms with E-state index in [1.165, 1.54) is 0 Å². The lowest BCUT2D eigenvalue weighted by atomic mass is 10.2. The van der Waals surface area contributed by atoms with Crippen LogP contribution >= 0.6 is 11.6 Å². The quantitative estimate of drug-likeness (QED) is 0.916. The molecule has 5 heteroatoms. The summed E-state index contributed by atoms with van der Waals surface area (Å²) in [5.41, 5.74) is 1.07. The number of rotatable bonds is 5. The van der Waals surface area contributed by atoms with Crippen LogP contribution in [0.1, 0.15) is 11.4 Å². The van der Waals surface area contributed by atoms with E-state index in [0.717, 1.165) is 11.4 Å². The Hall–Kier alpha value is -1.52. The maximum atomic E-state index is 9.95. The summed E-state index contributed by atoms with van der Waals surface area (Å²) < 4.78 is 7.43. The highest BCUT2D eigenvalue weighted by Crippen LogP contribution is 2.25. The van der Waals surface area contributed by atoms with Crippen LogP contribution in [0.25, 0.3) is 0 Å². The van der Waals surface area contributed by atoms with E-state index < -0.39 is 6.10 Å². The number of aryl methyl sites for hydroxylation is 2. The van der Waals surface area contributed by atoms with Gasteiger partial charge < -0.3 is 14.4 Å². The van der Waals surface area contributed by atoms with E-state index in [1.807, 2.05) is 36.7 Å². The van der Waals surface area contributed by atoms with Crippen LogP contribution < -0.4 is 4.74 Å². The Morgan fingerprint density at radius 3 is 2.89 bits per heavy atom. The van der Waals surface area contributed by atoms with Gasteiger partial charge in [0.05, 0.1) is 11.6 Å². The Morgan fingerprint density at radius 1 is 1.42 bits per heavy atom. The van der Waals surface area contributed by atoms with Crippen LogP contribution in [0.4, 0.5) is 0 Å². The first-order valence-corrected chi connectivity index (χ1v) is 6.49. The first-order valence-electron chi connectivity index (χ1n) is 6.11. The number of halogens is 1. The van der Waals surface area contributed by atoms with Crippen LogP contribution in [0.15, 0.2) is 30.6 Å². The van der Waals surface area contributed by atoms with Crippen molar-refractivity contribution >= 4 is 11.6 Å². The Kier molecular flexibility index (Phi) is 4.45. The molecule has 0 unspecified atom stereocenters. The van der Waals surface area contributed by atoms with Gasteiger partial charge in [-0.05, 0) is 31.5 Å². The van der Waals surface area contributed by atoms with Gasteiger partial charge in [0.1, 0.15) is 24.3 Å². The molecule has 0 aliphatic carbocycles. The summed E-state index contributed by atoms with van der Waals surface area (Å²) in [6.07, 6.45) is 2.93. The van der Waals surface area contributed by atoms with Crippen molar-refractivity contribution in [2.45, 2.75) is 26.5 Å². The number of imidazole rings is 1. The molecule has 1 atom stereocenters. The Bertz CT molecular complexity index is 554. The SMILES string of the molecule is Cc1ccc(Cl)c(OC[C@H](O)Cn2ccnc2C)c1. The Morgan fingerprint density at radius 2 is 2.21 bits per heavy atom. The summed E-state index contributed by atoms with van der Waals surface area (Å²) in [5.74, 6) is 1.47. The first kappa shape index (κ1) is 13.9. The molecular formula is C14H17ClN2O2. The molecule has 0 amide bonds. The van der Waals surface area contributed by atoms with Crippen LogP contribution in [-0.2, 0) is 6.54 Å². The molecule has 1 aromatic heterocycles. The molecule has 1 heterocycles. The average Bonchev–Trinajstić information content (AvgIpc) is 2.76. The standard InChI is InChI=1S/C14H17ClN2O2/c1-10-3-4-13(15)14(7-10)19-9-12(18)8-17-6-5-16-11(17)2/h3-7,12,18H,8-9H2,1-2H3/t12-/m1/s1. The third-order valence-electron chi connectivity index (χ3n) is 2.85. The number of hydrogen-bond donors (Lipinski definition) is 1. The van der Waals surface area contributed by atoms with E-state index in [2.05, 4.69) is 4.98 Å². The highest BCUT2D eigenvalue weighted by Gasteiger charge is 2.09.